The van der Waals surface area contributed by atoms with E-state index in [9.17, 15) is 0 Å². The fourth-order valence-electron chi connectivity index (χ4n) is 1.58. The third kappa shape index (κ3) is 3.66. The SMILES string of the molecule is CCOc1cc(C)nc(Oc2ccc(CN)cc2)n1. The van der Waals surface area contributed by atoms with E-state index in [0.717, 1.165) is 11.3 Å². The van der Waals surface area contributed by atoms with Gasteiger partial charge in [0.2, 0.25) is 5.88 Å². The van der Waals surface area contributed by atoms with Gasteiger partial charge in [-0.1, -0.05) is 12.1 Å². The van der Waals surface area contributed by atoms with Gasteiger partial charge >= 0.3 is 6.01 Å². The van der Waals surface area contributed by atoms with Crippen molar-refractivity contribution in [3.63, 3.8) is 0 Å². The van der Waals surface area contributed by atoms with E-state index in [0.29, 0.717) is 24.8 Å². The molecule has 0 fully saturated rings. The van der Waals surface area contributed by atoms with E-state index >= 15 is 0 Å². The summed E-state index contributed by atoms with van der Waals surface area (Å²) in [6.45, 7) is 4.84. The molecule has 2 rings (SSSR count). The molecule has 0 spiro atoms. The minimum absolute atomic E-state index is 0.281. The van der Waals surface area contributed by atoms with Gasteiger partial charge < -0.3 is 15.2 Å². The number of hydrogen-bond acceptors (Lipinski definition) is 5. The minimum atomic E-state index is 0.281. The zero-order valence-electron chi connectivity index (χ0n) is 11.1. The van der Waals surface area contributed by atoms with Gasteiger partial charge in [0.05, 0.1) is 6.61 Å². The van der Waals surface area contributed by atoms with Crippen molar-refractivity contribution in [1.82, 2.24) is 9.97 Å². The van der Waals surface area contributed by atoms with Crippen molar-refractivity contribution in [1.29, 1.82) is 0 Å². The van der Waals surface area contributed by atoms with Gasteiger partial charge in [0, 0.05) is 18.3 Å². The lowest BCUT2D eigenvalue weighted by Crippen LogP contribution is -2.00. The highest BCUT2D eigenvalue weighted by molar-refractivity contribution is 5.30. The van der Waals surface area contributed by atoms with Crippen LogP contribution in [0.1, 0.15) is 18.2 Å². The highest BCUT2D eigenvalue weighted by Gasteiger charge is 2.05. The molecule has 0 aliphatic heterocycles. The number of aryl methyl sites for hydroxylation is 1. The maximum atomic E-state index is 5.60. The summed E-state index contributed by atoms with van der Waals surface area (Å²) in [4.78, 5) is 8.40. The van der Waals surface area contributed by atoms with Crippen molar-refractivity contribution < 1.29 is 9.47 Å². The molecule has 0 radical (unpaired) electrons. The second kappa shape index (κ2) is 6.15. The van der Waals surface area contributed by atoms with Crippen LogP contribution in [0.15, 0.2) is 30.3 Å². The second-order valence-corrected chi connectivity index (χ2v) is 4.01. The normalized spacial score (nSPS) is 10.3. The molecule has 0 saturated heterocycles. The number of aromatic nitrogens is 2. The molecule has 1 aromatic carbocycles. The molecule has 19 heavy (non-hydrogen) atoms. The number of hydrogen-bond donors (Lipinski definition) is 1. The summed E-state index contributed by atoms with van der Waals surface area (Å²) in [7, 11) is 0. The van der Waals surface area contributed by atoms with Crippen LogP contribution in [0.4, 0.5) is 0 Å². The quantitative estimate of drug-likeness (QED) is 0.893. The fourth-order valence-corrected chi connectivity index (χ4v) is 1.58. The zero-order valence-corrected chi connectivity index (χ0v) is 11.1. The summed E-state index contributed by atoms with van der Waals surface area (Å²) in [5.41, 5.74) is 7.39. The number of nitrogens with two attached hydrogens (primary N) is 1. The highest BCUT2D eigenvalue weighted by atomic mass is 16.5. The predicted octanol–water partition coefficient (Wildman–Crippen LogP) is 2.43. The number of rotatable bonds is 5. The van der Waals surface area contributed by atoms with Gasteiger partial charge in [-0.05, 0) is 31.5 Å². The summed E-state index contributed by atoms with van der Waals surface area (Å²) in [6.07, 6.45) is 0. The van der Waals surface area contributed by atoms with Gasteiger partial charge in [0.25, 0.3) is 0 Å². The van der Waals surface area contributed by atoms with Crippen LogP contribution in [0.2, 0.25) is 0 Å². The van der Waals surface area contributed by atoms with Gasteiger partial charge in [0.15, 0.2) is 0 Å². The fraction of sp³-hybridized carbons (Fsp3) is 0.286. The van der Waals surface area contributed by atoms with Crippen LogP contribution in [0.5, 0.6) is 17.6 Å². The summed E-state index contributed by atoms with van der Waals surface area (Å²) >= 11 is 0. The topological polar surface area (TPSA) is 70.3 Å². The van der Waals surface area contributed by atoms with Crippen LogP contribution < -0.4 is 15.2 Å². The largest absolute Gasteiger partial charge is 0.478 e. The van der Waals surface area contributed by atoms with Crippen molar-refractivity contribution in [2.24, 2.45) is 5.73 Å². The van der Waals surface area contributed by atoms with E-state index in [-0.39, 0.29) is 6.01 Å². The smallest absolute Gasteiger partial charge is 0.325 e. The van der Waals surface area contributed by atoms with Gasteiger partial charge in [-0.3, -0.25) is 0 Å². The van der Waals surface area contributed by atoms with E-state index < -0.39 is 0 Å². The molecular formula is C14H17N3O2. The average molecular weight is 259 g/mol. The molecule has 100 valence electrons. The Balaban J connectivity index is 2.17. The molecule has 5 heteroatoms. The third-order valence-electron chi connectivity index (χ3n) is 2.47. The molecule has 0 aliphatic rings. The van der Waals surface area contributed by atoms with E-state index in [4.69, 9.17) is 15.2 Å². The van der Waals surface area contributed by atoms with Crippen LogP contribution in [0.25, 0.3) is 0 Å². The summed E-state index contributed by atoms with van der Waals surface area (Å²) < 4.78 is 11.0. The lowest BCUT2D eigenvalue weighted by Gasteiger charge is -2.07. The van der Waals surface area contributed by atoms with Gasteiger partial charge in [-0.25, -0.2) is 0 Å². The van der Waals surface area contributed by atoms with Gasteiger partial charge in [-0.2, -0.15) is 9.97 Å². The first-order chi connectivity index (χ1) is 9.21. The van der Waals surface area contributed by atoms with Crippen molar-refractivity contribution in [2.75, 3.05) is 6.61 Å². The van der Waals surface area contributed by atoms with Crippen molar-refractivity contribution in [3.05, 3.63) is 41.6 Å². The average Bonchev–Trinajstić information content (AvgIpc) is 2.39. The van der Waals surface area contributed by atoms with Crippen LogP contribution in [0.3, 0.4) is 0 Å². The standard InChI is InChI=1S/C14H17N3O2/c1-3-18-13-8-10(2)16-14(17-13)19-12-6-4-11(9-15)5-7-12/h4-8H,3,9,15H2,1-2H3. The number of ether oxygens (including phenoxy) is 2. The van der Waals surface area contributed by atoms with E-state index in [1.165, 1.54) is 0 Å². The second-order valence-electron chi connectivity index (χ2n) is 4.01. The third-order valence-corrected chi connectivity index (χ3v) is 2.47. The maximum absolute atomic E-state index is 5.60. The Morgan fingerprint density at radius 1 is 1.16 bits per heavy atom. The molecule has 1 aromatic heterocycles. The highest BCUT2D eigenvalue weighted by Crippen LogP contribution is 2.21. The van der Waals surface area contributed by atoms with Gasteiger partial charge in [-0.15, -0.1) is 0 Å². The Bertz CT molecular complexity index is 541. The molecule has 0 amide bonds. The van der Waals surface area contributed by atoms with Crippen molar-refractivity contribution in [3.8, 4) is 17.6 Å². The van der Waals surface area contributed by atoms with Crippen LogP contribution in [-0.4, -0.2) is 16.6 Å². The van der Waals surface area contributed by atoms with E-state index in [1.807, 2.05) is 38.1 Å². The zero-order chi connectivity index (χ0) is 13.7. The predicted molar refractivity (Wildman–Crippen MR) is 72.3 cm³/mol. The van der Waals surface area contributed by atoms with E-state index in [1.54, 1.807) is 6.07 Å². The van der Waals surface area contributed by atoms with E-state index in [2.05, 4.69) is 9.97 Å². The molecule has 1 heterocycles. The molecule has 0 unspecified atom stereocenters. The lowest BCUT2D eigenvalue weighted by atomic mass is 10.2. The first-order valence-electron chi connectivity index (χ1n) is 6.16. The molecule has 2 aromatic rings. The van der Waals surface area contributed by atoms with Crippen LogP contribution >= 0.6 is 0 Å². The minimum Gasteiger partial charge on any atom is -0.478 e. The Morgan fingerprint density at radius 3 is 2.53 bits per heavy atom. The monoisotopic (exact) mass is 259 g/mol. The Labute approximate surface area is 112 Å². The summed E-state index contributed by atoms with van der Waals surface area (Å²) in [5.74, 6) is 1.19. The molecule has 0 atom stereocenters. The summed E-state index contributed by atoms with van der Waals surface area (Å²) in [5, 5.41) is 0. The van der Waals surface area contributed by atoms with Gasteiger partial charge in [0.1, 0.15) is 5.75 Å². The number of nitrogens with zero attached hydrogens (tertiary/aromatic N) is 2. The molecular weight excluding hydrogens is 242 g/mol. The molecule has 5 nitrogen and oxygen atoms in total. The Hall–Kier alpha value is -2.14. The molecule has 0 saturated carbocycles. The molecule has 0 aliphatic carbocycles. The van der Waals surface area contributed by atoms with Crippen molar-refractivity contribution >= 4 is 0 Å². The van der Waals surface area contributed by atoms with Crippen LogP contribution in [0, 0.1) is 6.92 Å². The number of benzene rings is 1. The van der Waals surface area contributed by atoms with Crippen LogP contribution in [-0.2, 0) is 6.54 Å². The first-order valence-corrected chi connectivity index (χ1v) is 6.16. The molecule has 2 N–H and O–H groups in total. The summed E-state index contributed by atoms with van der Waals surface area (Å²) in [6, 6.07) is 9.56. The lowest BCUT2D eigenvalue weighted by molar-refractivity contribution is 0.317. The van der Waals surface area contributed by atoms with Crippen molar-refractivity contribution in [2.45, 2.75) is 20.4 Å². The first kappa shape index (κ1) is 13.3. The molecule has 0 bridgehead atoms. The Morgan fingerprint density at radius 2 is 1.89 bits per heavy atom. The Kier molecular flexibility index (Phi) is 4.30. The maximum Gasteiger partial charge on any atom is 0.325 e.